The third-order valence-corrected chi connectivity index (χ3v) is 3.76. The average Bonchev–Trinajstić information content (AvgIpc) is 2.26. The fourth-order valence-electron chi connectivity index (χ4n) is 1.66. The van der Waals surface area contributed by atoms with Gasteiger partial charge in [-0.1, -0.05) is 24.6 Å². The first-order valence-electron chi connectivity index (χ1n) is 5.27. The van der Waals surface area contributed by atoms with Gasteiger partial charge in [0, 0.05) is 23.8 Å². The molecule has 5 heteroatoms. The number of benzene rings is 1. The summed E-state index contributed by atoms with van der Waals surface area (Å²) < 4.78 is 19.3. The Labute approximate surface area is 114 Å². The van der Waals surface area contributed by atoms with Gasteiger partial charge in [-0.05, 0) is 34.3 Å². The Bertz CT molecular complexity index is 387. The summed E-state index contributed by atoms with van der Waals surface area (Å²) in [5.74, 6) is -0.421. The van der Waals surface area contributed by atoms with E-state index < -0.39 is 11.9 Å². The van der Waals surface area contributed by atoms with Crippen LogP contribution < -0.4 is 0 Å². The Balaban J connectivity index is 2.82. The first-order valence-corrected chi connectivity index (χ1v) is 6.44. The summed E-state index contributed by atoms with van der Waals surface area (Å²) in [6.45, 7) is 2.47. The van der Waals surface area contributed by atoms with Gasteiger partial charge < -0.3 is 9.84 Å². The van der Waals surface area contributed by atoms with Crippen molar-refractivity contribution < 1.29 is 14.2 Å². The maximum Gasteiger partial charge on any atom is 0.148 e. The Hall–Kier alpha value is -0.160. The second-order valence-electron chi connectivity index (χ2n) is 4.08. The van der Waals surface area contributed by atoms with E-state index >= 15 is 0 Å². The zero-order chi connectivity index (χ0) is 13.0. The number of methoxy groups -OCH3 is 1. The lowest BCUT2D eigenvalue weighted by molar-refractivity contribution is 0.0997. The number of ether oxygens (including phenoxy) is 1. The molecule has 1 rings (SSSR count). The molecule has 0 aliphatic carbocycles. The van der Waals surface area contributed by atoms with E-state index in [1.54, 1.807) is 13.2 Å². The highest BCUT2D eigenvalue weighted by Crippen LogP contribution is 2.32. The van der Waals surface area contributed by atoms with Crippen molar-refractivity contribution in [1.29, 1.82) is 0 Å². The van der Waals surface area contributed by atoms with Crippen molar-refractivity contribution in [2.24, 2.45) is 5.92 Å². The molecule has 0 aliphatic heterocycles. The molecule has 0 fully saturated rings. The number of aliphatic hydroxyl groups excluding tert-OH is 1. The minimum absolute atomic E-state index is 0.000875. The molecule has 0 saturated carbocycles. The number of hydrogen-bond donors (Lipinski definition) is 1. The summed E-state index contributed by atoms with van der Waals surface area (Å²) in [6.07, 6.45) is -0.436. The molecule has 1 aromatic rings. The molecule has 17 heavy (non-hydrogen) atoms. The lowest BCUT2D eigenvalue weighted by Gasteiger charge is -2.17. The molecule has 0 bridgehead atoms. The quantitative estimate of drug-likeness (QED) is 0.831. The summed E-state index contributed by atoms with van der Waals surface area (Å²) in [5, 5.41) is 9.95. The maximum atomic E-state index is 13.8. The molecule has 0 aromatic heterocycles. The van der Waals surface area contributed by atoms with Crippen LogP contribution in [0.5, 0.6) is 0 Å². The van der Waals surface area contributed by atoms with Gasteiger partial charge in [0.2, 0.25) is 0 Å². The third-order valence-electron chi connectivity index (χ3n) is 2.50. The van der Waals surface area contributed by atoms with Crippen LogP contribution in [0, 0.1) is 11.7 Å². The molecular formula is C12H15BrClFO2. The Morgan fingerprint density at radius 1 is 1.53 bits per heavy atom. The van der Waals surface area contributed by atoms with E-state index in [0.29, 0.717) is 17.5 Å². The molecule has 0 radical (unpaired) electrons. The van der Waals surface area contributed by atoms with Crippen LogP contribution in [0.15, 0.2) is 16.6 Å². The number of rotatable bonds is 5. The van der Waals surface area contributed by atoms with Crippen LogP contribution in [-0.2, 0) is 4.74 Å². The van der Waals surface area contributed by atoms with E-state index in [-0.39, 0.29) is 16.5 Å². The van der Waals surface area contributed by atoms with Gasteiger partial charge in [0.15, 0.2) is 0 Å². The van der Waals surface area contributed by atoms with E-state index in [4.69, 9.17) is 16.3 Å². The van der Waals surface area contributed by atoms with Crippen LogP contribution in [0.25, 0.3) is 0 Å². The number of hydrogen-bond acceptors (Lipinski definition) is 2. The Morgan fingerprint density at radius 3 is 2.76 bits per heavy atom. The van der Waals surface area contributed by atoms with E-state index in [9.17, 15) is 9.50 Å². The smallest absolute Gasteiger partial charge is 0.148 e. The van der Waals surface area contributed by atoms with Gasteiger partial charge >= 0.3 is 0 Å². The lowest BCUT2D eigenvalue weighted by atomic mass is 9.98. The molecule has 0 saturated heterocycles. The molecule has 1 aromatic carbocycles. The zero-order valence-electron chi connectivity index (χ0n) is 9.71. The SMILES string of the molecule is COCC(C)CC(O)c1ccc(Br)c(Cl)c1F. The normalized spacial score (nSPS) is 14.7. The van der Waals surface area contributed by atoms with Crippen molar-refractivity contribution in [3.63, 3.8) is 0 Å². The van der Waals surface area contributed by atoms with Crippen LogP contribution in [0.3, 0.4) is 0 Å². The summed E-state index contributed by atoms with van der Waals surface area (Å²) in [4.78, 5) is 0. The van der Waals surface area contributed by atoms with Gasteiger partial charge in [0.25, 0.3) is 0 Å². The Kier molecular flexibility index (Phi) is 5.86. The first kappa shape index (κ1) is 14.9. The highest BCUT2D eigenvalue weighted by Gasteiger charge is 2.19. The van der Waals surface area contributed by atoms with Crippen molar-refractivity contribution >= 4 is 27.5 Å². The van der Waals surface area contributed by atoms with E-state index in [1.807, 2.05) is 6.92 Å². The predicted octanol–water partition coefficient (Wildman–Crippen LogP) is 3.95. The fraction of sp³-hybridized carbons (Fsp3) is 0.500. The van der Waals surface area contributed by atoms with Crippen LogP contribution >= 0.6 is 27.5 Å². The molecule has 0 spiro atoms. The van der Waals surface area contributed by atoms with Crippen LogP contribution in [0.2, 0.25) is 5.02 Å². The van der Waals surface area contributed by atoms with Crippen LogP contribution in [-0.4, -0.2) is 18.8 Å². The summed E-state index contributed by atoms with van der Waals surface area (Å²) in [5.41, 5.74) is 0.223. The predicted molar refractivity (Wildman–Crippen MR) is 69.7 cm³/mol. The molecular weight excluding hydrogens is 310 g/mol. The molecule has 0 amide bonds. The van der Waals surface area contributed by atoms with Crippen LogP contribution in [0.4, 0.5) is 4.39 Å². The van der Waals surface area contributed by atoms with Gasteiger partial charge in [0.05, 0.1) is 11.1 Å². The standard InChI is InChI=1S/C12H15BrClFO2/c1-7(6-17-2)5-10(16)8-3-4-9(13)11(14)12(8)15/h3-4,7,10,16H,5-6H2,1-2H3. The molecule has 2 atom stereocenters. The second kappa shape index (κ2) is 6.69. The van der Waals surface area contributed by atoms with Gasteiger partial charge in [0.1, 0.15) is 5.82 Å². The fourth-order valence-corrected chi connectivity index (χ4v) is 2.14. The first-order chi connectivity index (χ1) is 7.97. The molecule has 2 unspecified atom stereocenters. The van der Waals surface area contributed by atoms with E-state index in [1.165, 1.54) is 6.07 Å². The lowest BCUT2D eigenvalue weighted by Crippen LogP contribution is -2.10. The van der Waals surface area contributed by atoms with Crippen molar-refractivity contribution in [3.8, 4) is 0 Å². The second-order valence-corrected chi connectivity index (χ2v) is 5.31. The monoisotopic (exact) mass is 324 g/mol. The molecule has 96 valence electrons. The van der Waals surface area contributed by atoms with E-state index in [0.717, 1.165) is 0 Å². The van der Waals surface area contributed by atoms with Crippen LogP contribution in [0.1, 0.15) is 25.0 Å². The largest absolute Gasteiger partial charge is 0.388 e. The van der Waals surface area contributed by atoms with Crippen molar-refractivity contribution in [1.82, 2.24) is 0 Å². The molecule has 2 nitrogen and oxygen atoms in total. The van der Waals surface area contributed by atoms with Gasteiger partial charge in [-0.15, -0.1) is 0 Å². The summed E-state index contributed by atoms with van der Waals surface area (Å²) in [6, 6.07) is 3.17. The number of aliphatic hydroxyl groups is 1. The highest BCUT2D eigenvalue weighted by atomic mass is 79.9. The maximum absolute atomic E-state index is 13.8. The van der Waals surface area contributed by atoms with Gasteiger partial charge in [-0.3, -0.25) is 0 Å². The topological polar surface area (TPSA) is 29.5 Å². The molecule has 0 aliphatic rings. The Morgan fingerprint density at radius 2 is 2.18 bits per heavy atom. The highest BCUT2D eigenvalue weighted by molar-refractivity contribution is 9.10. The van der Waals surface area contributed by atoms with Crippen molar-refractivity contribution in [3.05, 3.63) is 33.0 Å². The number of halogens is 3. The zero-order valence-corrected chi connectivity index (χ0v) is 12.1. The minimum Gasteiger partial charge on any atom is -0.388 e. The molecule has 0 heterocycles. The van der Waals surface area contributed by atoms with E-state index in [2.05, 4.69) is 15.9 Å². The minimum atomic E-state index is -0.870. The summed E-state index contributed by atoms with van der Waals surface area (Å²) >= 11 is 8.90. The molecule has 1 N–H and O–H groups in total. The van der Waals surface area contributed by atoms with Crippen molar-refractivity contribution in [2.45, 2.75) is 19.4 Å². The van der Waals surface area contributed by atoms with Gasteiger partial charge in [-0.2, -0.15) is 0 Å². The van der Waals surface area contributed by atoms with Crippen molar-refractivity contribution in [2.75, 3.05) is 13.7 Å². The van der Waals surface area contributed by atoms with Gasteiger partial charge in [-0.25, -0.2) is 4.39 Å². The third kappa shape index (κ3) is 3.91. The average molecular weight is 326 g/mol. The summed E-state index contributed by atoms with van der Waals surface area (Å²) in [7, 11) is 1.60.